The number of piperidine rings is 2. The first kappa shape index (κ1) is 38.2. The Kier molecular flexibility index (Phi) is 10.7. The van der Waals surface area contributed by atoms with Gasteiger partial charge in [0.1, 0.15) is 17.1 Å². The number of fused-ring (bicyclic) bond motifs is 4. The molecule has 2 saturated heterocycles. The van der Waals surface area contributed by atoms with Gasteiger partial charge in [0.05, 0.1) is 16.7 Å². The smallest absolute Gasteiger partial charge is 0.251 e. The zero-order valence-electron chi connectivity index (χ0n) is 33.5. The average molecular weight is 793 g/mol. The lowest BCUT2D eigenvalue weighted by Crippen LogP contribution is -2.29. The average Bonchev–Trinajstić information content (AvgIpc) is 4.07. The van der Waals surface area contributed by atoms with Gasteiger partial charge in [-0.1, -0.05) is 25.0 Å². The van der Waals surface area contributed by atoms with E-state index >= 15 is 4.39 Å². The fourth-order valence-corrected chi connectivity index (χ4v) is 8.63. The fourth-order valence-electron chi connectivity index (χ4n) is 8.63. The zero-order chi connectivity index (χ0) is 40.5. The molecular formula is C46H49FN10O2. The summed E-state index contributed by atoms with van der Waals surface area (Å²) in [6, 6.07) is 25.6. The van der Waals surface area contributed by atoms with Gasteiger partial charge in [0.25, 0.3) is 11.8 Å². The molecule has 0 spiro atoms. The molecule has 0 radical (unpaired) electrons. The number of hydrogen-bond donors (Lipinski definition) is 6. The number of nitrogens with one attached hydrogen (secondary N) is 6. The van der Waals surface area contributed by atoms with Gasteiger partial charge in [0.2, 0.25) is 0 Å². The predicted octanol–water partition coefficient (Wildman–Crippen LogP) is 8.25. The number of carbonyl (C=O) groups is 2. The third-order valence-corrected chi connectivity index (χ3v) is 11.8. The maximum Gasteiger partial charge on any atom is 0.251 e. The van der Waals surface area contributed by atoms with Crippen molar-refractivity contribution in [1.29, 1.82) is 0 Å². The SMILES string of the molecule is CNC(=O)c1ccc2c(-c3[nH]c4ccc(CN5CCCCC5)cc4c3F)n[nH]c2c1.CNC(=O)c1ccc2c(-c3cc4cc(CN5CCCCC5)ccc4[nH]3)n[nH]c2c1. The van der Waals surface area contributed by atoms with Gasteiger partial charge >= 0.3 is 0 Å². The van der Waals surface area contributed by atoms with Gasteiger partial charge in [-0.15, -0.1) is 0 Å². The van der Waals surface area contributed by atoms with Crippen LogP contribution in [0, 0.1) is 5.82 Å². The lowest BCUT2D eigenvalue weighted by Gasteiger charge is -2.26. The highest BCUT2D eigenvalue weighted by Gasteiger charge is 2.20. The van der Waals surface area contributed by atoms with Crippen molar-refractivity contribution in [2.75, 3.05) is 40.3 Å². The largest absolute Gasteiger partial charge is 0.355 e. The van der Waals surface area contributed by atoms with E-state index in [1.165, 1.54) is 62.6 Å². The van der Waals surface area contributed by atoms with Crippen LogP contribution < -0.4 is 10.6 Å². The third-order valence-electron chi connectivity index (χ3n) is 11.8. The van der Waals surface area contributed by atoms with Crippen LogP contribution >= 0.6 is 0 Å². The van der Waals surface area contributed by atoms with E-state index in [1.54, 1.807) is 32.3 Å². The van der Waals surface area contributed by atoms with Crippen LogP contribution in [0.25, 0.3) is 66.4 Å². The van der Waals surface area contributed by atoms with Crippen molar-refractivity contribution in [2.24, 2.45) is 0 Å². The van der Waals surface area contributed by atoms with E-state index in [-0.39, 0.29) is 17.6 Å². The molecule has 13 heteroatoms. The van der Waals surface area contributed by atoms with E-state index < -0.39 is 0 Å². The van der Waals surface area contributed by atoms with Crippen molar-refractivity contribution in [2.45, 2.75) is 51.6 Å². The predicted molar refractivity (Wildman–Crippen MR) is 232 cm³/mol. The van der Waals surface area contributed by atoms with Crippen LogP contribution in [-0.2, 0) is 13.1 Å². The topological polar surface area (TPSA) is 154 Å². The van der Waals surface area contributed by atoms with Gasteiger partial charge in [-0.3, -0.25) is 29.6 Å². The van der Waals surface area contributed by atoms with Gasteiger partial charge in [-0.05, 0) is 130 Å². The van der Waals surface area contributed by atoms with E-state index in [0.717, 1.165) is 70.5 Å². The van der Waals surface area contributed by atoms with Crippen LogP contribution in [0.4, 0.5) is 4.39 Å². The fraction of sp³-hybridized carbons (Fsp3) is 0.304. The number of aromatic amines is 4. The minimum Gasteiger partial charge on any atom is -0.355 e. The van der Waals surface area contributed by atoms with Crippen LogP contribution in [0.15, 0.2) is 78.9 Å². The van der Waals surface area contributed by atoms with E-state index in [2.05, 4.69) is 81.1 Å². The molecule has 12 nitrogen and oxygen atoms in total. The molecular weight excluding hydrogens is 744 g/mol. The van der Waals surface area contributed by atoms with E-state index in [9.17, 15) is 9.59 Å². The quantitative estimate of drug-likeness (QED) is 0.0912. The minimum atomic E-state index is -0.297. The number of benzene rings is 4. The number of likely N-dealkylation sites (tertiary alicyclic amines) is 2. The van der Waals surface area contributed by atoms with Crippen molar-refractivity contribution >= 4 is 55.4 Å². The first-order valence-corrected chi connectivity index (χ1v) is 20.6. The Morgan fingerprint density at radius 2 is 1.14 bits per heavy atom. The van der Waals surface area contributed by atoms with Crippen molar-refractivity contribution in [3.63, 3.8) is 0 Å². The molecule has 4 aromatic carbocycles. The molecule has 4 aromatic heterocycles. The molecule has 0 unspecified atom stereocenters. The monoisotopic (exact) mass is 792 g/mol. The summed E-state index contributed by atoms with van der Waals surface area (Å²) in [5, 5.41) is 23.6. The Morgan fingerprint density at radius 1 is 0.593 bits per heavy atom. The molecule has 6 N–H and O–H groups in total. The lowest BCUT2D eigenvalue weighted by atomic mass is 10.1. The van der Waals surface area contributed by atoms with Crippen molar-refractivity contribution in [3.8, 4) is 22.8 Å². The van der Waals surface area contributed by atoms with Crippen molar-refractivity contribution in [1.82, 2.24) is 50.8 Å². The van der Waals surface area contributed by atoms with Crippen molar-refractivity contribution in [3.05, 3.63) is 107 Å². The van der Waals surface area contributed by atoms with E-state index in [1.807, 2.05) is 30.3 Å². The summed E-state index contributed by atoms with van der Waals surface area (Å²) < 4.78 is 15.4. The van der Waals surface area contributed by atoms with E-state index in [0.29, 0.717) is 33.4 Å². The first-order chi connectivity index (χ1) is 28.8. The molecule has 0 bridgehead atoms. The van der Waals surface area contributed by atoms with Crippen LogP contribution in [0.1, 0.15) is 70.4 Å². The second kappa shape index (κ2) is 16.5. The maximum atomic E-state index is 15.4. The van der Waals surface area contributed by atoms with Gasteiger partial charge in [0.15, 0.2) is 5.82 Å². The highest BCUT2D eigenvalue weighted by molar-refractivity contribution is 6.03. The summed E-state index contributed by atoms with van der Waals surface area (Å²) in [6.07, 6.45) is 7.75. The molecule has 2 aliphatic heterocycles. The summed E-state index contributed by atoms with van der Waals surface area (Å²) in [4.78, 5) is 35.4. The number of aromatic nitrogens is 6. The third kappa shape index (κ3) is 7.83. The number of H-pyrrole nitrogens is 4. The molecule has 59 heavy (non-hydrogen) atoms. The van der Waals surface area contributed by atoms with Crippen LogP contribution in [-0.4, -0.2) is 92.3 Å². The molecule has 2 amide bonds. The second-order valence-electron chi connectivity index (χ2n) is 15.8. The van der Waals surface area contributed by atoms with Crippen LogP contribution in [0.3, 0.4) is 0 Å². The Balaban J connectivity index is 0.000000152. The molecule has 2 fully saturated rings. The van der Waals surface area contributed by atoms with Gasteiger partial charge in [-0.2, -0.15) is 10.2 Å². The number of rotatable bonds is 8. The number of halogens is 1. The van der Waals surface area contributed by atoms with Crippen LogP contribution in [0.2, 0.25) is 0 Å². The second-order valence-corrected chi connectivity index (χ2v) is 15.8. The summed E-state index contributed by atoms with van der Waals surface area (Å²) in [5.41, 5.74) is 9.76. The maximum absolute atomic E-state index is 15.4. The molecule has 8 aromatic rings. The Bertz CT molecular complexity index is 2800. The molecule has 302 valence electrons. The minimum absolute atomic E-state index is 0.102. The lowest BCUT2D eigenvalue weighted by molar-refractivity contribution is 0.0955. The highest BCUT2D eigenvalue weighted by Crippen LogP contribution is 2.34. The molecule has 6 heterocycles. The van der Waals surface area contributed by atoms with Crippen LogP contribution in [0.5, 0.6) is 0 Å². The number of amides is 2. The Morgan fingerprint density at radius 3 is 1.73 bits per heavy atom. The molecule has 2 aliphatic rings. The summed E-state index contributed by atoms with van der Waals surface area (Å²) >= 11 is 0. The summed E-state index contributed by atoms with van der Waals surface area (Å²) in [5.74, 6) is -0.574. The number of carbonyl (C=O) groups excluding carboxylic acids is 2. The van der Waals surface area contributed by atoms with Gasteiger partial charge < -0.3 is 20.6 Å². The van der Waals surface area contributed by atoms with Gasteiger partial charge in [0, 0.05) is 70.9 Å². The Hall–Kier alpha value is -6.31. The first-order valence-electron chi connectivity index (χ1n) is 20.6. The molecule has 0 aliphatic carbocycles. The Labute approximate surface area is 340 Å². The van der Waals surface area contributed by atoms with Crippen molar-refractivity contribution < 1.29 is 14.0 Å². The van der Waals surface area contributed by atoms with E-state index in [4.69, 9.17) is 0 Å². The highest BCUT2D eigenvalue weighted by atomic mass is 19.1. The summed E-state index contributed by atoms with van der Waals surface area (Å²) in [7, 11) is 3.22. The standard InChI is InChI=1S/C23H24FN5O.C23H25N5O/c1-25-23(30)15-6-7-16-19(12-15)27-28-21(16)22-20(24)17-11-14(5-8-18(17)26-22)13-29-9-3-2-4-10-29;1-24-23(29)16-6-7-18-20(12-16)26-27-22(18)21-13-17-11-15(5-8-19(17)25-21)14-28-9-3-2-4-10-28/h5-8,11-12,26H,2-4,9-10,13H2,1H3,(H,25,30)(H,27,28);5-8,11-13,25H,2-4,9-10,14H2,1H3,(H,24,29)(H,26,27). The number of hydrogen-bond acceptors (Lipinski definition) is 6. The molecule has 0 saturated carbocycles. The number of nitrogens with zero attached hydrogens (tertiary/aromatic N) is 4. The zero-order valence-corrected chi connectivity index (χ0v) is 33.5. The normalized spacial score (nSPS) is 15.2. The molecule has 10 rings (SSSR count). The van der Waals surface area contributed by atoms with Gasteiger partial charge in [-0.25, -0.2) is 4.39 Å². The molecule has 0 atom stereocenters. The summed E-state index contributed by atoms with van der Waals surface area (Å²) in [6.45, 7) is 6.49.